The standard InChI is InChI=1S/C21H30BrNO3/c1-21(2,3)19-11-15(8-9-23(19)20(24)25)18-10-16(18)13-26-12-14-4-6-17(22)7-5-14/h4-7,15-16,18-19H,8-13H2,1-3H3,(H,24,25)/t15?,16-,18+,19?/m0/s1. The van der Waals surface area contributed by atoms with Gasteiger partial charge in [-0.05, 0) is 60.1 Å². The van der Waals surface area contributed by atoms with E-state index in [2.05, 4.69) is 48.8 Å². The second-order valence-corrected chi connectivity index (χ2v) is 9.86. The van der Waals surface area contributed by atoms with Gasteiger partial charge in [0.2, 0.25) is 0 Å². The Balaban J connectivity index is 1.47. The molecule has 1 saturated carbocycles. The zero-order chi connectivity index (χ0) is 18.9. The summed E-state index contributed by atoms with van der Waals surface area (Å²) >= 11 is 3.45. The van der Waals surface area contributed by atoms with Gasteiger partial charge in [0.25, 0.3) is 0 Å². The highest BCUT2D eigenvalue weighted by Crippen LogP contribution is 2.50. The molecule has 0 bridgehead atoms. The SMILES string of the molecule is CC(C)(C)C1CC([C@H]2C[C@H]2COCc2ccc(Br)cc2)CCN1C(=O)O. The number of hydrogen-bond donors (Lipinski definition) is 1. The summed E-state index contributed by atoms with van der Waals surface area (Å²) in [5.41, 5.74) is 1.19. The van der Waals surface area contributed by atoms with Crippen LogP contribution in [-0.4, -0.2) is 35.3 Å². The van der Waals surface area contributed by atoms with Crippen LogP contribution in [0.2, 0.25) is 0 Å². The number of hydrogen-bond acceptors (Lipinski definition) is 2. The van der Waals surface area contributed by atoms with Gasteiger partial charge in [0.05, 0.1) is 13.2 Å². The molecule has 0 aromatic heterocycles. The van der Waals surface area contributed by atoms with E-state index in [1.807, 2.05) is 12.1 Å². The predicted molar refractivity (Wildman–Crippen MR) is 106 cm³/mol. The van der Waals surface area contributed by atoms with Gasteiger partial charge in [-0.25, -0.2) is 4.79 Å². The van der Waals surface area contributed by atoms with Crippen molar-refractivity contribution >= 4 is 22.0 Å². The Hall–Kier alpha value is -1.07. The number of amides is 1. The van der Waals surface area contributed by atoms with Gasteiger partial charge >= 0.3 is 6.09 Å². The molecule has 3 rings (SSSR count). The second-order valence-electron chi connectivity index (χ2n) is 8.94. The highest BCUT2D eigenvalue weighted by Gasteiger charge is 2.48. The molecule has 1 N–H and O–H groups in total. The molecule has 0 spiro atoms. The highest BCUT2D eigenvalue weighted by molar-refractivity contribution is 9.10. The van der Waals surface area contributed by atoms with E-state index in [4.69, 9.17) is 4.74 Å². The maximum absolute atomic E-state index is 11.6. The van der Waals surface area contributed by atoms with Crippen LogP contribution in [0.15, 0.2) is 28.7 Å². The van der Waals surface area contributed by atoms with Crippen LogP contribution in [0.25, 0.3) is 0 Å². The molecule has 0 radical (unpaired) electrons. The molecule has 1 amide bonds. The summed E-state index contributed by atoms with van der Waals surface area (Å²) in [6.45, 7) is 8.62. The molecule has 4 atom stereocenters. The Morgan fingerprint density at radius 1 is 1.27 bits per heavy atom. The van der Waals surface area contributed by atoms with Crippen molar-refractivity contribution in [2.45, 2.75) is 52.7 Å². The molecule has 2 aliphatic rings. The lowest BCUT2D eigenvalue weighted by Gasteiger charge is -2.45. The van der Waals surface area contributed by atoms with Gasteiger partial charge in [-0.3, -0.25) is 0 Å². The van der Waals surface area contributed by atoms with E-state index >= 15 is 0 Å². The first kappa shape index (κ1) is 19.7. The third-order valence-electron chi connectivity index (χ3n) is 5.99. The highest BCUT2D eigenvalue weighted by atomic mass is 79.9. The van der Waals surface area contributed by atoms with Crippen LogP contribution >= 0.6 is 15.9 Å². The molecule has 144 valence electrons. The van der Waals surface area contributed by atoms with E-state index in [1.54, 1.807) is 4.90 Å². The molecular weight excluding hydrogens is 394 g/mol. The Morgan fingerprint density at radius 3 is 2.58 bits per heavy atom. The van der Waals surface area contributed by atoms with Crippen LogP contribution < -0.4 is 0 Å². The third-order valence-corrected chi connectivity index (χ3v) is 6.51. The fraction of sp³-hybridized carbons (Fsp3) is 0.667. The normalized spacial score (nSPS) is 28.8. The van der Waals surface area contributed by atoms with Crippen molar-refractivity contribution < 1.29 is 14.6 Å². The summed E-state index contributed by atoms with van der Waals surface area (Å²) in [6.07, 6.45) is 2.44. The van der Waals surface area contributed by atoms with Crippen molar-refractivity contribution in [2.75, 3.05) is 13.2 Å². The summed E-state index contributed by atoms with van der Waals surface area (Å²) in [7, 11) is 0. The topological polar surface area (TPSA) is 49.8 Å². The largest absolute Gasteiger partial charge is 0.465 e. The Morgan fingerprint density at radius 2 is 1.96 bits per heavy atom. The van der Waals surface area contributed by atoms with Gasteiger partial charge in [-0.15, -0.1) is 0 Å². The van der Waals surface area contributed by atoms with Crippen molar-refractivity contribution in [1.29, 1.82) is 0 Å². The monoisotopic (exact) mass is 423 g/mol. The molecule has 2 unspecified atom stereocenters. The van der Waals surface area contributed by atoms with E-state index in [0.717, 1.165) is 23.9 Å². The molecule has 2 fully saturated rings. The molecule has 5 heteroatoms. The Kier molecular flexibility index (Phi) is 5.97. The smallest absolute Gasteiger partial charge is 0.407 e. The van der Waals surface area contributed by atoms with Gasteiger partial charge in [0.1, 0.15) is 0 Å². The van der Waals surface area contributed by atoms with Crippen molar-refractivity contribution in [3.05, 3.63) is 34.3 Å². The number of piperidine rings is 1. The summed E-state index contributed by atoms with van der Waals surface area (Å²) in [4.78, 5) is 13.2. The van der Waals surface area contributed by atoms with Gasteiger partial charge in [-0.2, -0.15) is 0 Å². The second kappa shape index (κ2) is 7.89. The lowest BCUT2D eigenvalue weighted by molar-refractivity contribution is 0.0326. The molecule has 26 heavy (non-hydrogen) atoms. The zero-order valence-electron chi connectivity index (χ0n) is 16.0. The molecule has 1 aromatic carbocycles. The number of carbonyl (C=O) groups is 1. The van der Waals surface area contributed by atoms with Gasteiger partial charge < -0.3 is 14.7 Å². The third kappa shape index (κ3) is 4.80. The lowest BCUT2D eigenvalue weighted by Crippen LogP contribution is -2.51. The molecule has 1 aromatic rings. The van der Waals surface area contributed by atoms with E-state index < -0.39 is 6.09 Å². The minimum Gasteiger partial charge on any atom is -0.465 e. The van der Waals surface area contributed by atoms with Gasteiger partial charge in [-0.1, -0.05) is 48.8 Å². The summed E-state index contributed by atoms with van der Waals surface area (Å²) in [5.74, 6) is 1.99. The number of likely N-dealkylation sites (tertiary alicyclic amines) is 1. The molecule has 1 saturated heterocycles. The van der Waals surface area contributed by atoms with Crippen molar-refractivity contribution in [3.63, 3.8) is 0 Å². The summed E-state index contributed by atoms with van der Waals surface area (Å²) in [6, 6.07) is 8.38. The first-order chi connectivity index (χ1) is 12.3. The van der Waals surface area contributed by atoms with Crippen LogP contribution in [0.4, 0.5) is 4.79 Å². The van der Waals surface area contributed by atoms with Crippen molar-refractivity contribution in [3.8, 4) is 0 Å². The minimum absolute atomic E-state index is 0.0144. The fourth-order valence-electron chi connectivity index (χ4n) is 4.38. The molecular formula is C21H30BrNO3. The van der Waals surface area contributed by atoms with E-state index in [1.165, 1.54) is 12.0 Å². The molecule has 4 nitrogen and oxygen atoms in total. The van der Waals surface area contributed by atoms with Crippen LogP contribution in [0.3, 0.4) is 0 Å². The predicted octanol–water partition coefficient (Wildman–Crippen LogP) is 5.41. The van der Waals surface area contributed by atoms with Crippen LogP contribution in [-0.2, 0) is 11.3 Å². The maximum atomic E-state index is 11.6. The number of carboxylic acid groups (broad SMARTS) is 1. The number of ether oxygens (including phenoxy) is 1. The zero-order valence-corrected chi connectivity index (χ0v) is 17.5. The van der Waals surface area contributed by atoms with E-state index in [9.17, 15) is 9.90 Å². The minimum atomic E-state index is -0.770. The summed E-state index contributed by atoms with van der Waals surface area (Å²) < 4.78 is 7.03. The first-order valence-electron chi connectivity index (χ1n) is 9.57. The van der Waals surface area contributed by atoms with Crippen LogP contribution in [0.5, 0.6) is 0 Å². The average Bonchev–Trinajstić information content (AvgIpc) is 3.35. The first-order valence-corrected chi connectivity index (χ1v) is 10.4. The number of halogens is 1. The number of benzene rings is 1. The quantitative estimate of drug-likeness (QED) is 0.688. The Labute approximate surface area is 165 Å². The summed E-state index contributed by atoms with van der Waals surface area (Å²) in [5, 5.41) is 9.51. The van der Waals surface area contributed by atoms with Crippen LogP contribution in [0.1, 0.15) is 45.6 Å². The van der Waals surface area contributed by atoms with E-state index in [-0.39, 0.29) is 11.5 Å². The maximum Gasteiger partial charge on any atom is 0.407 e. The average molecular weight is 424 g/mol. The molecule has 1 aliphatic heterocycles. The Bertz CT molecular complexity index is 625. The van der Waals surface area contributed by atoms with Crippen molar-refractivity contribution in [1.82, 2.24) is 4.90 Å². The van der Waals surface area contributed by atoms with Crippen molar-refractivity contribution in [2.24, 2.45) is 23.2 Å². The van der Waals surface area contributed by atoms with Gasteiger partial charge in [0, 0.05) is 17.1 Å². The van der Waals surface area contributed by atoms with E-state index in [0.29, 0.717) is 30.9 Å². The molecule has 1 heterocycles. The van der Waals surface area contributed by atoms with Crippen LogP contribution in [0, 0.1) is 23.2 Å². The lowest BCUT2D eigenvalue weighted by atomic mass is 9.75. The van der Waals surface area contributed by atoms with Gasteiger partial charge in [0.15, 0.2) is 0 Å². The fourth-order valence-corrected chi connectivity index (χ4v) is 4.64. The molecule has 1 aliphatic carbocycles. The number of rotatable bonds is 5. The number of nitrogens with zero attached hydrogens (tertiary/aromatic N) is 1.